The van der Waals surface area contributed by atoms with E-state index in [9.17, 15) is 22.8 Å². The van der Waals surface area contributed by atoms with Crippen molar-refractivity contribution < 1.29 is 32.2 Å². The summed E-state index contributed by atoms with van der Waals surface area (Å²) in [5.74, 6) is 0.841. The molecule has 0 saturated carbocycles. The number of rotatable bonds is 8. The number of ether oxygens (including phenoxy) is 2. The smallest absolute Gasteiger partial charge is 0.401 e. The summed E-state index contributed by atoms with van der Waals surface area (Å²) in [7, 11) is 3.39. The summed E-state index contributed by atoms with van der Waals surface area (Å²) in [5.41, 5.74) is 1.79. The number of carbonyl (C=O) groups is 2. The first-order chi connectivity index (χ1) is 18.5. The second-order valence-corrected chi connectivity index (χ2v) is 10.4. The second-order valence-electron chi connectivity index (χ2n) is 10.4. The van der Waals surface area contributed by atoms with E-state index in [2.05, 4.69) is 5.32 Å². The molecule has 1 saturated heterocycles. The van der Waals surface area contributed by atoms with Crippen LogP contribution in [-0.2, 0) is 6.42 Å². The van der Waals surface area contributed by atoms with Crippen LogP contribution < -0.4 is 14.8 Å². The third kappa shape index (κ3) is 7.78. The molecule has 2 aromatic carbocycles. The number of nitrogens with one attached hydrogen (secondary N) is 1. The summed E-state index contributed by atoms with van der Waals surface area (Å²) in [6.07, 6.45) is -2.60. The highest BCUT2D eigenvalue weighted by Crippen LogP contribution is 2.33. The van der Waals surface area contributed by atoms with Crippen LogP contribution in [0.5, 0.6) is 11.5 Å². The van der Waals surface area contributed by atoms with Crippen molar-refractivity contribution in [1.82, 2.24) is 14.7 Å². The Kier molecular flexibility index (Phi) is 8.89. The molecular formula is C28H35F3N4O4. The number of fused-ring (bicyclic) bond motifs is 1. The molecule has 11 heteroatoms. The van der Waals surface area contributed by atoms with E-state index in [0.29, 0.717) is 61.6 Å². The van der Waals surface area contributed by atoms with E-state index < -0.39 is 12.7 Å². The van der Waals surface area contributed by atoms with Gasteiger partial charge in [-0.1, -0.05) is 12.1 Å². The van der Waals surface area contributed by atoms with Gasteiger partial charge in [-0.15, -0.1) is 0 Å². The second kappa shape index (κ2) is 12.1. The minimum absolute atomic E-state index is 0.0699. The summed E-state index contributed by atoms with van der Waals surface area (Å²) in [4.78, 5) is 29.7. The maximum Gasteiger partial charge on any atom is 0.401 e. The van der Waals surface area contributed by atoms with Crippen molar-refractivity contribution in [2.24, 2.45) is 5.92 Å². The van der Waals surface area contributed by atoms with Crippen LogP contribution in [-0.4, -0.2) is 85.9 Å². The molecule has 1 fully saturated rings. The number of anilines is 1. The number of halogens is 3. The van der Waals surface area contributed by atoms with E-state index in [1.54, 1.807) is 62.3 Å². The van der Waals surface area contributed by atoms with Gasteiger partial charge in [0.2, 0.25) is 6.79 Å². The lowest BCUT2D eigenvalue weighted by atomic mass is 9.95. The monoisotopic (exact) mass is 548 g/mol. The van der Waals surface area contributed by atoms with Crippen LogP contribution in [0, 0.1) is 5.92 Å². The number of alkyl halides is 3. The molecule has 2 aliphatic rings. The topological polar surface area (TPSA) is 74.4 Å². The van der Waals surface area contributed by atoms with Gasteiger partial charge in [-0.2, -0.15) is 13.2 Å². The van der Waals surface area contributed by atoms with E-state index >= 15 is 0 Å². The summed E-state index contributed by atoms with van der Waals surface area (Å²) >= 11 is 0. The molecule has 39 heavy (non-hydrogen) atoms. The van der Waals surface area contributed by atoms with Crippen LogP contribution in [0.2, 0.25) is 0 Å². The van der Waals surface area contributed by atoms with Crippen LogP contribution in [0.1, 0.15) is 35.7 Å². The maximum atomic E-state index is 13.5. The van der Waals surface area contributed by atoms with Gasteiger partial charge in [0, 0.05) is 51.0 Å². The lowest BCUT2D eigenvalue weighted by Crippen LogP contribution is -2.48. The van der Waals surface area contributed by atoms with E-state index in [1.165, 1.54) is 9.80 Å². The zero-order chi connectivity index (χ0) is 28.2. The fraction of sp³-hybridized carbons (Fsp3) is 0.500. The Balaban J connectivity index is 1.37. The van der Waals surface area contributed by atoms with Crippen molar-refractivity contribution in [2.45, 2.75) is 38.4 Å². The van der Waals surface area contributed by atoms with Crippen molar-refractivity contribution >= 4 is 17.6 Å². The summed E-state index contributed by atoms with van der Waals surface area (Å²) in [5, 5.41) is 2.85. The van der Waals surface area contributed by atoms with Crippen molar-refractivity contribution in [2.75, 3.05) is 52.4 Å². The van der Waals surface area contributed by atoms with Crippen molar-refractivity contribution in [3.05, 3.63) is 53.6 Å². The molecule has 0 aliphatic carbocycles. The van der Waals surface area contributed by atoms with E-state index in [-0.39, 0.29) is 30.7 Å². The minimum Gasteiger partial charge on any atom is -0.454 e. The number of hydrogen-bond donors (Lipinski definition) is 1. The number of urea groups is 1. The van der Waals surface area contributed by atoms with Gasteiger partial charge in [-0.25, -0.2) is 4.79 Å². The van der Waals surface area contributed by atoms with Crippen molar-refractivity contribution in [1.29, 1.82) is 0 Å². The first kappa shape index (κ1) is 28.5. The van der Waals surface area contributed by atoms with Crippen LogP contribution >= 0.6 is 0 Å². The molecule has 8 nitrogen and oxygen atoms in total. The summed E-state index contributed by atoms with van der Waals surface area (Å²) in [6.45, 7) is 2.31. The molecule has 2 heterocycles. The Labute approximate surface area is 226 Å². The van der Waals surface area contributed by atoms with E-state index in [4.69, 9.17) is 9.47 Å². The van der Waals surface area contributed by atoms with Gasteiger partial charge < -0.3 is 24.6 Å². The van der Waals surface area contributed by atoms with Gasteiger partial charge in [0.1, 0.15) is 0 Å². The third-order valence-corrected chi connectivity index (χ3v) is 7.12. The molecule has 0 spiro atoms. The Bertz CT molecular complexity index is 1170. The number of carbonyl (C=O) groups excluding carboxylic acids is 2. The van der Waals surface area contributed by atoms with Crippen molar-refractivity contribution in [3.8, 4) is 11.5 Å². The number of piperidine rings is 1. The van der Waals surface area contributed by atoms with Gasteiger partial charge in [-0.05, 0) is 68.0 Å². The standard InChI is InChI=1S/C28H35F3N4O4/c1-19(35(17-28(29,30)31)16-20-9-11-34(12-10-20)27(37)33(2)3)13-21-5-4-6-23(14-21)32-26(36)22-7-8-24-25(15-22)39-18-38-24/h4-8,14-15,19-20H,9-13,16-18H2,1-3H3,(H,32,36). The van der Waals surface area contributed by atoms with E-state index in [0.717, 1.165) is 5.56 Å². The van der Waals surface area contributed by atoms with Gasteiger partial charge in [0.25, 0.3) is 5.91 Å². The normalized spacial score (nSPS) is 16.3. The largest absolute Gasteiger partial charge is 0.454 e. The van der Waals surface area contributed by atoms with Crippen LogP contribution in [0.3, 0.4) is 0 Å². The molecule has 2 aliphatic heterocycles. The Hall–Kier alpha value is -3.47. The van der Waals surface area contributed by atoms with Gasteiger partial charge in [0.05, 0.1) is 6.54 Å². The average Bonchev–Trinajstić information content (AvgIpc) is 3.36. The third-order valence-electron chi connectivity index (χ3n) is 7.12. The van der Waals surface area contributed by atoms with Crippen LogP contribution in [0.4, 0.5) is 23.7 Å². The number of nitrogens with zero attached hydrogens (tertiary/aromatic N) is 3. The first-order valence-corrected chi connectivity index (χ1v) is 13.1. The van der Waals surface area contributed by atoms with Gasteiger partial charge in [0.15, 0.2) is 11.5 Å². The SMILES string of the molecule is CC(Cc1cccc(NC(=O)c2ccc3c(c2)OCO3)c1)N(CC1CCN(C(=O)N(C)C)CC1)CC(F)(F)F. The molecule has 2 aromatic rings. The number of hydrogen-bond acceptors (Lipinski definition) is 5. The molecule has 0 radical (unpaired) electrons. The van der Waals surface area contributed by atoms with Crippen molar-refractivity contribution in [3.63, 3.8) is 0 Å². The zero-order valence-electron chi connectivity index (χ0n) is 22.5. The molecule has 0 aromatic heterocycles. The average molecular weight is 549 g/mol. The minimum atomic E-state index is -4.32. The number of amides is 3. The lowest BCUT2D eigenvalue weighted by Gasteiger charge is -2.38. The Morgan fingerprint density at radius 3 is 2.49 bits per heavy atom. The Morgan fingerprint density at radius 1 is 1.08 bits per heavy atom. The molecule has 212 valence electrons. The van der Waals surface area contributed by atoms with Crippen LogP contribution in [0.15, 0.2) is 42.5 Å². The first-order valence-electron chi connectivity index (χ1n) is 13.1. The number of benzene rings is 2. The zero-order valence-corrected chi connectivity index (χ0v) is 22.5. The molecule has 4 rings (SSSR count). The Morgan fingerprint density at radius 2 is 1.79 bits per heavy atom. The predicted molar refractivity (Wildman–Crippen MR) is 141 cm³/mol. The van der Waals surface area contributed by atoms with Gasteiger partial charge in [-0.3, -0.25) is 9.69 Å². The molecule has 1 atom stereocenters. The predicted octanol–water partition coefficient (Wildman–Crippen LogP) is 4.86. The highest BCUT2D eigenvalue weighted by atomic mass is 19.4. The fourth-order valence-electron chi connectivity index (χ4n) is 5.04. The summed E-state index contributed by atoms with van der Waals surface area (Å²) < 4.78 is 51.1. The number of likely N-dealkylation sites (tertiary alicyclic amines) is 1. The fourth-order valence-corrected chi connectivity index (χ4v) is 5.04. The van der Waals surface area contributed by atoms with Gasteiger partial charge >= 0.3 is 12.2 Å². The quantitative estimate of drug-likeness (QED) is 0.510. The molecule has 1 N–H and O–H groups in total. The molecule has 3 amide bonds. The maximum absolute atomic E-state index is 13.5. The summed E-state index contributed by atoms with van der Waals surface area (Å²) in [6, 6.07) is 11.6. The molecule has 0 bridgehead atoms. The van der Waals surface area contributed by atoms with E-state index in [1.807, 2.05) is 6.07 Å². The highest BCUT2D eigenvalue weighted by molar-refractivity contribution is 6.04. The lowest BCUT2D eigenvalue weighted by molar-refractivity contribution is -0.152. The molecule has 1 unspecified atom stereocenters. The van der Waals surface area contributed by atoms with Crippen LogP contribution in [0.25, 0.3) is 0 Å². The highest BCUT2D eigenvalue weighted by Gasteiger charge is 2.35. The molecular weight excluding hydrogens is 513 g/mol.